The number of anilines is 1. The fraction of sp³-hybridized carbons (Fsp3) is 0.583. The minimum absolute atomic E-state index is 0.0455. The third kappa shape index (κ3) is 3.16. The van der Waals surface area contributed by atoms with Gasteiger partial charge in [0.15, 0.2) is 0 Å². The molecule has 1 rings (SSSR count). The zero-order valence-electron chi connectivity index (χ0n) is 11.0. The maximum Gasteiger partial charge on any atom is 0.314 e. The van der Waals surface area contributed by atoms with Crippen LogP contribution in [0.2, 0.25) is 0 Å². The first-order valence-electron chi connectivity index (χ1n) is 5.96. The van der Waals surface area contributed by atoms with Gasteiger partial charge in [0.05, 0.1) is 4.92 Å². The van der Waals surface area contributed by atoms with Gasteiger partial charge >= 0.3 is 5.69 Å². The number of aromatic nitrogens is 1. The number of nitro groups is 1. The molecular weight excluding hydrogens is 234 g/mol. The highest BCUT2D eigenvalue weighted by molar-refractivity contribution is 5.61. The average molecular weight is 253 g/mol. The zero-order chi connectivity index (χ0) is 13.7. The van der Waals surface area contributed by atoms with E-state index in [1.165, 1.54) is 0 Å². The van der Waals surface area contributed by atoms with E-state index in [2.05, 4.69) is 4.98 Å². The number of rotatable bonds is 6. The lowest BCUT2D eigenvalue weighted by Gasteiger charge is -2.27. The second-order valence-electron chi connectivity index (χ2n) is 4.42. The summed E-state index contributed by atoms with van der Waals surface area (Å²) in [4.78, 5) is 16.7. The molecule has 0 aliphatic rings. The molecule has 0 saturated heterocycles. The van der Waals surface area contributed by atoms with Crippen LogP contribution in [0.25, 0.3) is 0 Å². The standard InChI is InChI=1S/C12H19N3O3/c1-9(2)14(7-4-8-16)12-11(15(17)18)10(3)5-6-13-12/h5-6,9,16H,4,7-8H2,1-3H3. The van der Waals surface area contributed by atoms with Gasteiger partial charge in [0.1, 0.15) is 0 Å². The van der Waals surface area contributed by atoms with Crippen LogP contribution in [0.15, 0.2) is 12.3 Å². The van der Waals surface area contributed by atoms with Gasteiger partial charge in [-0.3, -0.25) is 10.1 Å². The van der Waals surface area contributed by atoms with Gasteiger partial charge in [0.2, 0.25) is 5.82 Å². The lowest BCUT2D eigenvalue weighted by molar-refractivity contribution is -0.384. The summed E-state index contributed by atoms with van der Waals surface area (Å²) in [6.07, 6.45) is 2.14. The van der Waals surface area contributed by atoms with E-state index in [0.29, 0.717) is 24.3 Å². The van der Waals surface area contributed by atoms with Gasteiger partial charge in [-0.15, -0.1) is 0 Å². The molecule has 6 nitrogen and oxygen atoms in total. The van der Waals surface area contributed by atoms with Crippen molar-refractivity contribution in [3.63, 3.8) is 0 Å². The molecule has 0 fully saturated rings. The molecule has 0 aliphatic heterocycles. The summed E-state index contributed by atoms with van der Waals surface area (Å²) < 4.78 is 0. The van der Waals surface area contributed by atoms with E-state index in [-0.39, 0.29) is 18.3 Å². The number of aryl methyl sites for hydroxylation is 1. The highest BCUT2D eigenvalue weighted by Gasteiger charge is 2.24. The SMILES string of the molecule is Cc1ccnc(N(CCCO)C(C)C)c1[N+](=O)[O-]. The van der Waals surface area contributed by atoms with Crippen molar-refractivity contribution in [2.24, 2.45) is 0 Å². The fourth-order valence-corrected chi connectivity index (χ4v) is 1.82. The monoisotopic (exact) mass is 253 g/mol. The Morgan fingerprint density at radius 3 is 2.72 bits per heavy atom. The Balaban J connectivity index is 3.19. The van der Waals surface area contributed by atoms with Crippen molar-refractivity contribution >= 4 is 11.5 Å². The van der Waals surface area contributed by atoms with Gasteiger partial charge in [-0.05, 0) is 33.3 Å². The van der Waals surface area contributed by atoms with Gasteiger partial charge in [0.25, 0.3) is 0 Å². The molecule has 1 aromatic rings. The molecule has 0 radical (unpaired) electrons. The highest BCUT2D eigenvalue weighted by Crippen LogP contribution is 2.30. The third-order valence-corrected chi connectivity index (χ3v) is 2.74. The van der Waals surface area contributed by atoms with Gasteiger partial charge in [-0.25, -0.2) is 4.98 Å². The normalized spacial score (nSPS) is 10.7. The Bertz CT molecular complexity index is 421. The van der Waals surface area contributed by atoms with Gasteiger partial charge in [0, 0.05) is 31.0 Å². The largest absolute Gasteiger partial charge is 0.396 e. The first kappa shape index (κ1) is 14.4. The molecule has 18 heavy (non-hydrogen) atoms. The van der Waals surface area contributed by atoms with Crippen LogP contribution >= 0.6 is 0 Å². The molecule has 1 heterocycles. The number of hydrogen-bond acceptors (Lipinski definition) is 5. The average Bonchev–Trinajstić information content (AvgIpc) is 2.28. The van der Waals surface area contributed by atoms with Crippen LogP contribution in [0.5, 0.6) is 0 Å². The lowest BCUT2D eigenvalue weighted by Crippen LogP contribution is -2.33. The Morgan fingerprint density at radius 2 is 2.22 bits per heavy atom. The predicted octanol–water partition coefficient (Wildman–Crippen LogP) is 1.90. The number of aliphatic hydroxyl groups excluding tert-OH is 1. The molecule has 6 heteroatoms. The van der Waals surface area contributed by atoms with Crippen LogP contribution in [0.4, 0.5) is 11.5 Å². The molecule has 100 valence electrons. The van der Waals surface area contributed by atoms with Crippen molar-refractivity contribution in [3.05, 3.63) is 27.9 Å². The van der Waals surface area contributed by atoms with Crippen molar-refractivity contribution in [2.75, 3.05) is 18.1 Å². The predicted molar refractivity (Wildman–Crippen MR) is 69.8 cm³/mol. The van der Waals surface area contributed by atoms with E-state index in [1.807, 2.05) is 18.7 Å². The molecule has 0 aliphatic carbocycles. The second kappa shape index (κ2) is 6.30. The molecule has 1 aromatic heterocycles. The topological polar surface area (TPSA) is 79.5 Å². The van der Waals surface area contributed by atoms with Crippen molar-refractivity contribution in [1.82, 2.24) is 4.98 Å². The molecule has 1 N–H and O–H groups in total. The summed E-state index contributed by atoms with van der Waals surface area (Å²) in [5.74, 6) is 0.378. The number of aliphatic hydroxyl groups is 1. The molecule has 0 unspecified atom stereocenters. The van der Waals surface area contributed by atoms with Gasteiger partial charge in [-0.2, -0.15) is 0 Å². The van der Waals surface area contributed by atoms with E-state index in [1.54, 1.807) is 19.2 Å². The molecule has 0 bridgehead atoms. The minimum atomic E-state index is -0.397. The van der Waals surface area contributed by atoms with E-state index in [4.69, 9.17) is 5.11 Å². The van der Waals surface area contributed by atoms with Crippen LogP contribution < -0.4 is 4.90 Å². The van der Waals surface area contributed by atoms with Crippen LogP contribution in [-0.4, -0.2) is 34.2 Å². The fourth-order valence-electron chi connectivity index (χ4n) is 1.82. The highest BCUT2D eigenvalue weighted by atomic mass is 16.6. The van der Waals surface area contributed by atoms with E-state index in [9.17, 15) is 10.1 Å². The number of nitrogens with zero attached hydrogens (tertiary/aromatic N) is 3. The Labute approximate surface area is 106 Å². The van der Waals surface area contributed by atoms with E-state index >= 15 is 0 Å². The Kier molecular flexibility index (Phi) is 5.03. The first-order valence-corrected chi connectivity index (χ1v) is 5.96. The molecule has 0 atom stereocenters. The van der Waals surface area contributed by atoms with Gasteiger partial charge in [-0.1, -0.05) is 0 Å². The van der Waals surface area contributed by atoms with Gasteiger partial charge < -0.3 is 10.0 Å². The summed E-state index contributed by atoms with van der Waals surface area (Å²) in [5.41, 5.74) is 0.642. The summed E-state index contributed by atoms with van der Waals surface area (Å²) in [7, 11) is 0. The quantitative estimate of drug-likeness (QED) is 0.618. The maximum atomic E-state index is 11.1. The summed E-state index contributed by atoms with van der Waals surface area (Å²) >= 11 is 0. The smallest absolute Gasteiger partial charge is 0.314 e. The first-order chi connectivity index (χ1) is 8.49. The lowest BCUT2D eigenvalue weighted by atomic mass is 10.2. The van der Waals surface area contributed by atoms with Crippen molar-refractivity contribution in [1.29, 1.82) is 0 Å². The van der Waals surface area contributed by atoms with Crippen LogP contribution in [-0.2, 0) is 0 Å². The maximum absolute atomic E-state index is 11.1. The third-order valence-electron chi connectivity index (χ3n) is 2.74. The Hall–Kier alpha value is -1.69. The van der Waals surface area contributed by atoms with E-state index < -0.39 is 4.92 Å². The van der Waals surface area contributed by atoms with Crippen molar-refractivity contribution in [3.8, 4) is 0 Å². The summed E-state index contributed by atoms with van der Waals surface area (Å²) in [5, 5.41) is 20.0. The zero-order valence-corrected chi connectivity index (χ0v) is 11.0. The van der Waals surface area contributed by atoms with Crippen molar-refractivity contribution in [2.45, 2.75) is 33.2 Å². The van der Waals surface area contributed by atoms with E-state index in [0.717, 1.165) is 0 Å². The number of hydrogen-bond donors (Lipinski definition) is 1. The second-order valence-corrected chi connectivity index (χ2v) is 4.42. The Morgan fingerprint density at radius 1 is 1.56 bits per heavy atom. The molecule has 0 saturated carbocycles. The molecule has 0 spiro atoms. The summed E-state index contributed by atoms with van der Waals surface area (Å²) in [6.45, 7) is 6.21. The molecule has 0 amide bonds. The minimum Gasteiger partial charge on any atom is -0.396 e. The molecular formula is C12H19N3O3. The summed E-state index contributed by atoms with van der Waals surface area (Å²) in [6, 6.07) is 1.72. The number of pyridine rings is 1. The van der Waals surface area contributed by atoms with Crippen molar-refractivity contribution < 1.29 is 10.0 Å². The van der Waals surface area contributed by atoms with Crippen LogP contribution in [0.1, 0.15) is 25.8 Å². The van der Waals surface area contributed by atoms with Crippen LogP contribution in [0, 0.1) is 17.0 Å². The van der Waals surface area contributed by atoms with Crippen LogP contribution in [0.3, 0.4) is 0 Å². The molecule has 0 aromatic carbocycles.